The summed E-state index contributed by atoms with van der Waals surface area (Å²) < 4.78 is 1.89. The van der Waals surface area contributed by atoms with Crippen LogP contribution in [0.1, 0.15) is 48.4 Å². The van der Waals surface area contributed by atoms with Gasteiger partial charge in [0.1, 0.15) is 28.7 Å². The number of carbonyl (C=O) groups is 2. The van der Waals surface area contributed by atoms with Gasteiger partial charge in [0, 0.05) is 42.7 Å². The Labute approximate surface area is 208 Å². The molecular weight excluding hydrogens is 454 g/mol. The number of aromatic nitrogens is 4. The van der Waals surface area contributed by atoms with Crippen LogP contribution < -0.4 is 11.1 Å². The Kier molecular flexibility index (Phi) is 6.33. The maximum Gasteiger partial charge on any atom is 0.299 e. The number of fused-ring (bicyclic) bond motifs is 1. The number of amides is 2. The molecule has 3 N–H and O–H groups in total. The van der Waals surface area contributed by atoms with Crippen molar-refractivity contribution >= 4 is 29.0 Å². The van der Waals surface area contributed by atoms with Crippen LogP contribution in [0.15, 0.2) is 61.1 Å². The number of nitrogens with two attached hydrogens (primary N) is 1. The molecule has 0 radical (unpaired) electrons. The second-order valence-electron chi connectivity index (χ2n) is 8.41. The zero-order valence-electron chi connectivity index (χ0n) is 19.8. The Morgan fingerprint density at radius 1 is 1.17 bits per heavy atom. The van der Waals surface area contributed by atoms with E-state index in [-0.39, 0.29) is 17.9 Å². The topological polar surface area (TPSA) is 119 Å². The van der Waals surface area contributed by atoms with Crippen molar-refractivity contribution < 1.29 is 9.59 Å². The number of anilines is 2. The summed E-state index contributed by atoms with van der Waals surface area (Å²) in [5.41, 5.74) is 8.80. The van der Waals surface area contributed by atoms with Gasteiger partial charge in [-0.25, -0.2) is 15.0 Å². The van der Waals surface area contributed by atoms with Gasteiger partial charge in [-0.2, -0.15) is 0 Å². The van der Waals surface area contributed by atoms with Crippen molar-refractivity contribution in [2.75, 3.05) is 17.6 Å². The van der Waals surface area contributed by atoms with E-state index in [1.807, 2.05) is 17.4 Å². The molecule has 2 amide bonds. The van der Waals surface area contributed by atoms with Gasteiger partial charge in [-0.1, -0.05) is 31.0 Å². The Morgan fingerprint density at radius 3 is 2.81 bits per heavy atom. The molecule has 4 aromatic rings. The highest BCUT2D eigenvalue weighted by molar-refractivity contribution is 6.04. The number of nitrogens with one attached hydrogen (secondary N) is 1. The largest absolute Gasteiger partial charge is 0.382 e. The molecule has 0 saturated carbocycles. The summed E-state index contributed by atoms with van der Waals surface area (Å²) in [5.74, 6) is 6.54. The van der Waals surface area contributed by atoms with E-state index >= 15 is 0 Å². The van der Waals surface area contributed by atoms with Crippen LogP contribution in [0.4, 0.5) is 11.6 Å². The highest BCUT2D eigenvalue weighted by Crippen LogP contribution is 2.36. The second-order valence-corrected chi connectivity index (χ2v) is 8.41. The minimum Gasteiger partial charge on any atom is -0.382 e. The van der Waals surface area contributed by atoms with E-state index in [0.717, 1.165) is 18.4 Å². The quantitative estimate of drug-likeness (QED) is 0.431. The normalized spacial score (nSPS) is 14.9. The molecule has 1 aromatic carbocycles. The molecular formula is C27H25N7O2. The molecule has 36 heavy (non-hydrogen) atoms. The van der Waals surface area contributed by atoms with E-state index in [1.54, 1.807) is 59.9 Å². The van der Waals surface area contributed by atoms with Crippen molar-refractivity contribution in [3.05, 3.63) is 72.4 Å². The summed E-state index contributed by atoms with van der Waals surface area (Å²) in [6.45, 7) is 2.54. The first kappa shape index (κ1) is 23.1. The van der Waals surface area contributed by atoms with E-state index in [9.17, 15) is 9.59 Å². The fourth-order valence-corrected chi connectivity index (χ4v) is 4.46. The highest BCUT2D eigenvalue weighted by atomic mass is 16.2. The highest BCUT2D eigenvalue weighted by Gasteiger charge is 2.33. The molecule has 1 atom stereocenters. The van der Waals surface area contributed by atoms with Crippen LogP contribution in [0.25, 0.3) is 16.8 Å². The average molecular weight is 480 g/mol. The second kappa shape index (κ2) is 9.88. The van der Waals surface area contributed by atoms with E-state index in [4.69, 9.17) is 10.7 Å². The van der Waals surface area contributed by atoms with E-state index < -0.39 is 0 Å². The van der Waals surface area contributed by atoms with Crippen LogP contribution in [-0.2, 0) is 4.79 Å². The third kappa shape index (κ3) is 4.36. The SMILES string of the molecule is CCC#CC(=O)N1CCC[C@H]1c1nc(-c2ccnc(NC(=O)c3ccccc3)c2)c2c(N)nccn12. The van der Waals surface area contributed by atoms with E-state index in [2.05, 4.69) is 27.1 Å². The molecule has 5 rings (SSSR count). The van der Waals surface area contributed by atoms with Crippen molar-refractivity contribution in [2.24, 2.45) is 0 Å². The predicted molar refractivity (Wildman–Crippen MR) is 137 cm³/mol. The van der Waals surface area contributed by atoms with Gasteiger partial charge in [0.05, 0.1) is 6.04 Å². The van der Waals surface area contributed by atoms with Crippen LogP contribution in [-0.4, -0.2) is 42.6 Å². The molecule has 0 bridgehead atoms. The van der Waals surface area contributed by atoms with Crippen molar-refractivity contribution in [2.45, 2.75) is 32.2 Å². The predicted octanol–water partition coefficient (Wildman–Crippen LogP) is 3.70. The summed E-state index contributed by atoms with van der Waals surface area (Å²) in [6, 6.07) is 12.3. The molecule has 3 aromatic heterocycles. The number of nitrogens with zero attached hydrogens (tertiary/aromatic N) is 5. The van der Waals surface area contributed by atoms with Crippen LogP contribution in [0, 0.1) is 11.8 Å². The number of imidazole rings is 1. The zero-order chi connectivity index (χ0) is 25.1. The van der Waals surface area contributed by atoms with Crippen LogP contribution >= 0.6 is 0 Å². The molecule has 1 aliphatic rings. The third-order valence-corrected chi connectivity index (χ3v) is 6.11. The Morgan fingerprint density at radius 2 is 2.00 bits per heavy atom. The van der Waals surface area contributed by atoms with Crippen molar-refractivity contribution in [3.63, 3.8) is 0 Å². The average Bonchev–Trinajstić information content (AvgIpc) is 3.54. The summed E-state index contributed by atoms with van der Waals surface area (Å²) in [4.78, 5) is 40.7. The molecule has 4 heterocycles. The molecule has 0 spiro atoms. The fourth-order valence-electron chi connectivity index (χ4n) is 4.46. The molecule has 0 aliphatic carbocycles. The number of rotatable bonds is 4. The van der Waals surface area contributed by atoms with Crippen LogP contribution in [0.3, 0.4) is 0 Å². The summed E-state index contributed by atoms with van der Waals surface area (Å²) in [6.07, 6.45) is 7.28. The van der Waals surface area contributed by atoms with Crippen molar-refractivity contribution in [3.8, 4) is 23.1 Å². The number of pyridine rings is 1. The number of benzene rings is 1. The molecule has 1 aliphatic heterocycles. The first-order chi connectivity index (χ1) is 17.6. The Bertz CT molecular complexity index is 1500. The molecule has 9 heteroatoms. The lowest BCUT2D eigenvalue weighted by Crippen LogP contribution is -2.30. The van der Waals surface area contributed by atoms with Crippen LogP contribution in [0.5, 0.6) is 0 Å². The lowest BCUT2D eigenvalue weighted by molar-refractivity contribution is -0.126. The van der Waals surface area contributed by atoms with Gasteiger partial charge >= 0.3 is 0 Å². The number of likely N-dealkylation sites (tertiary alicyclic amines) is 1. The van der Waals surface area contributed by atoms with Gasteiger partial charge in [0.25, 0.3) is 11.8 Å². The maximum atomic E-state index is 12.8. The maximum absolute atomic E-state index is 12.8. The molecule has 9 nitrogen and oxygen atoms in total. The molecule has 1 fully saturated rings. The van der Waals surface area contributed by atoms with Gasteiger partial charge in [-0.15, -0.1) is 0 Å². The fraction of sp³-hybridized carbons (Fsp3) is 0.222. The Hall–Kier alpha value is -4.71. The number of hydrogen-bond donors (Lipinski definition) is 2. The van der Waals surface area contributed by atoms with Crippen molar-refractivity contribution in [1.82, 2.24) is 24.3 Å². The molecule has 180 valence electrons. The third-order valence-electron chi connectivity index (χ3n) is 6.11. The molecule has 0 unspecified atom stereocenters. The van der Waals surface area contributed by atoms with Crippen molar-refractivity contribution in [1.29, 1.82) is 0 Å². The standard InChI is InChI=1S/C27H25N7O2/c1-2-3-11-22(35)33-15-7-10-20(33)26-32-23(24-25(28)30-14-16-34(24)26)19-12-13-29-21(17-19)31-27(36)18-8-5-4-6-9-18/h4-6,8-9,12-14,16-17,20H,2,7,10,15H2,1H3,(H2,28,30)(H,29,31,36)/t20-/m0/s1. The van der Waals surface area contributed by atoms with Crippen LogP contribution in [0.2, 0.25) is 0 Å². The van der Waals surface area contributed by atoms with Gasteiger partial charge in [0.15, 0.2) is 0 Å². The van der Waals surface area contributed by atoms with Gasteiger partial charge in [0.2, 0.25) is 0 Å². The number of nitrogen functional groups attached to an aromatic ring is 1. The first-order valence-electron chi connectivity index (χ1n) is 11.8. The number of hydrogen-bond acceptors (Lipinski definition) is 6. The smallest absolute Gasteiger partial charge is 0.299 e. The summed E-state index contributed by atoms with van der Waals surface area (Å²) in [7, 11) is 0. The minimum atomic E-state index is -0.259. The summed E-state index contributed by atoms with van der Waals surface area (Å²) >= 11 is 0. The van der Waals surface area contributed by atoms with Gasteiger partial charge in [-0.05, 0) is 43.0 Å². The Balaban J connectivity index is 1.54. The molecule has 1 saturated heterocycles. The van der Waals surface area contributed by atoms with E-state index in [1.165, 1.54) is 0 Å². The zero-order valence-corrected chi connectivity index (χ0v) is 19.8. The van der Waals surface area contributed by atoms with Gasteiger partial charge in [-0.3, -0.25) is 14.0 Å². The van der Waals surface area contributed by atoms with Gasteiger partial charge < -0.3 is 16.0 Å². The summed E-state index contributed by atoms with van der Waals surface area (Å²) in [5, 5.41) is 2.83. The lowest BCUT2D eigenvalue weighted by Gasteiger charge is -2.21. The minimum absolute atomic E-state index is 0.200. The first-order valence-corrected chi connectivity index (χ1v) is 11.8. The lowest BCUT2D eigenvalue weighted by atomic mass is 10.1. The van der Waals surface area contributed by atoms with E-state index in [0.29, 0.717) is 47.2 Å². The monoisotopic (exact) mass is 479 g/mol. The number of carbonyl (C=O) groups excluding carboxylic acids is 2.